The zero-order valence-corrected chi connectivity index (χ0v) is 15.9. The van der Waals surface area contributed by atoms with Crippen LogP contribution in [-0.4, -0.2) is 10.9 Å². The molecule has 0 aliphatic rings. The van der Waals surface area contributed by atoms with Crippen LogP contribution in [0.5, 0.6) is 0 Å². The maximum absolute atomic E-state index is 12.1. The predicted molar refractivity (Wildman–Crippen MR) is 106 cm³/mol. The van der Waals surface area contributed by atoms with E-state index in [1.165, 1.54) is 16.0 Å². The number of carbonyl (C=O) groups is 1. The number of amides is 1. The number of aromatic nitrogens is 1. The van der Waals surface area contributed by atoms with Crippen molar-refractivity contribution in [2.45, 2.75) is 30.9 Å². The molecule has 1 amide bonds. The van der Waals surface area contributed by atoms with Crippen LogP contribution in [0.15, 0.2) is 58.8 Å². The summed E-state index contributed by atoms with van der Waals surface area (Å²) in [6.45, 7) is 4.11. The first-order chi connectivity index (χ1) is 12.1. The molecule has 0 aliphatic carbocycles. The van der Waals surface area contributed by atoms with E-state index in [1.807, 2.05) is 36.6 Å². The molecule has 25 heavy (non-hydrogen) atoms. The topological polar surface area (TPSA) is 42.0 Å². The smallest absolute Gasteiger partial charge is 0.231 e. The zero-order valence-electron chi connectivity index (χ0n) is 14.3. The molecule has 3 aromatic rings. The Morgan fingerprint density at radius 1 is 1.04 bits per heavy atom. The van der Waals surface area contributed by atoms with Crippen LogP contribution in [0.3, 0.4) is 0 Å². The maximum Gasteiger partial charge on any atom is 0.231 e. The number of hydrogen-bond donors (Lipinski definition) is 1. The van der Waals surface area contributed by atoms with Crippen molar-refractivity contribution >= 4 is 34.7 Å². The van der Waals surface area contributed by atoms with E-state index in [0.29, 0.717) is 6.42 Å². The molecular formula is C20H20N2OS2. The highest BCUT2D eigenvalue weighted by atomic mass is 32.2. The molecule has 5 heteroatoms. The number of thiazole rings is 1. The molecule has 1 aromatic heterocycles. The van der Waals surface area contributed by atoms with Crippen molar-refractivity contribution in [3.05, 3.63) is 75.7 Å². The first-order valence-electron chi connectivity index (χ1n) is 8.08. The Hall–Kier alpha value is -2.11. The van der Waals surface area contributed by atoms with Gasteiger partial charge in [0.25, 0.3) is 0 Å². The monoisotopic (exact) mass is 368 g/mol. The number of nitrogens with zero attached hydrogens (tertiary/aromatic N) is 1. The van der Waals surface area contributed by atoms with Crippen LogP contribution < -0.4 is 5.32 Å². The second-order valence-corrected chi connectivity index (χ2v) is 7.92. The van der Waals surface area contributed by atoms with E-state index in [-0.39, 0.29) is 5.91 Å². The Kier molecular flexibility index (Phi) is 5.89. The largest absolute Gasteiger partial charge is 0.326 e. The lowest BCUT2D eigenvalue weighted by Crippen LogP contribution is -2.14. The van der Waals surface area contributed by atoms with Crippen LogP contribution in [-0.2, 0) is 17.0 Å². The third kappa shape index (κ3) is 5.44. The summed E-state index contributed by atoms with van der Waals surface area (Å²) in [5.41, 5.74) is 4.28. The predicted octanol–water partition coefficient (Wildman–Crippen LogP) is 5.23. The van der Waals surface area contributed by atoms with E-state index in [2.05, 4.69) is 41.5 Å². The lowest BCUT2D eigenvalue weighted by atomic mass is 10.2. The number of thioether (sulfide) groups is 1. The van der Waals surface area contributed by atoms with Crippen molar-refractivity contribution in [1.82, 2.24) is 4.98 Å². The number of hydrogen-bond acceptors (Lipinski definition) is 4. The second-order valence-electron chi connectivity index (χ2n) is 5.93. The van der Waals surface area contributed by atoms with Crippen molar-refractivity contribution in [2.24, 2.45) is 0 Å². The van der Waals surface area contributed by atoms with E-state index in [0.717, 1.165) is 22.1 Å². The minimum absolute atomic E-state index is 0.0315. The fourth-order valence-corrected chi connectivity index (χ4v) is 3.96. The molecule has 0 fully saturated rings. The highest BCUT2D eigenvalue weighted by Gasteiger charge is 2.09. The average Bonchev–Trinajstić information content (AvgIpc) is 3.04. The Morgan fingerprint density at radius 3 is 2.36 bits per heavy atom. The van der Waals surface area contributed by atoms with Gasteiger partial charge in [-0.2, -0.15) is 0 Å². The van der Waals surface area contributed by atoms with Crippen LogP contribution in [0.4, 0.5) is 5.69 Å². The SMILES string of the molecule is Cc1ccc(NC(=O)Cc2nc(CSc3ccc(C)cc3)cs2)cc1. The molecule has 3 nitrogen and oxygen atoms in total. The number of benzene rings is 2. The van der Waals surface area contributed by atoms with Crippen molar-refractivity contribution in [2.75, 3.05) is 5.32 Å². The number of aryl methyl sites for hydroxylation is 2. The van der Waals surface area contributed by atoms with E-state index in [1.54, 1.807) is 23.1 Å². The van der Waals surface area contributed by atoms with Crippen molar-refractivity contribution in [3.63, 3.8) is 0 Å². The molecule has 0 aliphatic heterocycles. The summed E-state index contributed by atoms with van der Waals surface area (Å²) in [6, 6.07) is 16.3. The zero-order chi connectivity index (χ0) is 17.6. The fourth-order valence-electron chi connectivity index (χ4n) is 2.27. The van der Waals surface area contributed by atoms with Gasteiger partial charge in [-0.25, -0.2) is 4.98 Å². The molecule has 1 N–H and O–H groups in total. The lowest BCUT2D eigenvalue weighted by Gasteiger charge is -2.04. The number of nitrogens with one attached hydrogen (secondary N) is 1. The van der Waals surface area contributed by atoms with Crippen LogP contribution >= 0.6 is 23.1 Å². The van der Waals surface area contributed by atoms with Crippen LogP contribution in [0.2, 0.25) is 0 Å². The van der Waals surface area contributed by atoms with Gasteiger partial charge in [-0.1, -0.05) is 35.4 Å². The Morgan fingerprint density at radius 2 is 1.68 bits per heavy atom. The van der Waals surface area contributed by atoms with Gasteiger partial charge in [0, 0.05) is 21.7 Å². The van der Waals surface area contributed by atoms with Crippen molar-refractivity contribution in [1.29, 1.82) is 0 Å². The van der Waals surface area contributed by atoms with Gasteiger partial charge >= 0.3 is 0 Å². The van der Waals surface area contributed by atoms with Gasteiger partial charge < -0.3 is 5.32 Å². The van der Waals surface area contributed by atoms with Crippen LogP contribution in [0, 0.1) is 13.8 Å². The molecule has 0 radical (unpaired) electrons. The summed E-state index contributed by atoms with van der Waals surface area (Å²) < 4.78 is 0. The van der Waals surface area contributed by atoms with Gasteiger partial charge in [0.1, 0.15) is 5.01 Å². The summed E-state index contributed by atoms with van der Waals surface area (Å²) in [7, 11) is 0. The standard InChI is InChI=1S/C20H20N2OS2/c1-14-3-7-16(8-4-14)21-19(23)11-20-22-17(13-25-20)12-24-18-9-5-15(2)6-10-18/h3-10,13H,11-12H2,1-2H3,(H,21,23). The van der Waals surface area contributed by atoms with E-state index in [4.69, 9.17) is 0 Å². The average molecular weight is 369 g/mol. The molecule has 0 atom stereocenters. The highest BCUT2D eigenvalue weighted by Crippen LogP contribution is 2.24. The van der Waals surface area contributed by atoms with Crippen molar-refractivity contribution < 1.29 is 4.79 Å². The molecule has 0 saturated heterocycles. The normalized spacial score (nSPS) is 10.6. The minimum atomic E-state index is -0.0315. The van der Waals surface area contributed by atoms with Crippen LogP contribution in [0.1, 0.15) is 21.8 Å². The fraction of sp³-hybridized carbons (Fsp3) is 0.200. The van der Waals surface area contributed by atoms with Gasteiger partial charge in [0.15, 0.2) is 0 Å². The van der Waals surface area contributed by atoms with Gasteiger partial charge in [0.05, 0.1) is 12.1 Å². The summed E-state index contributed by atoms with van der Waals surface area (Å²) >= 11 is 3.31. The van der Waals surface area contributed by atoms with Crippen LogP contribution in [0.25, 0.3) is 0 Å². The molecular weight excluding hydrogens is 348 g/mol. The third-order valence-corrected chi connectivity index (χ3v) is 5.60. The Bertz CT molecular complexity index is 839. The molecule has 0 saturated carbocycles. The quantitative estimate of drug-likeness (QED) is 0.606. The van der Waals surface area contributed by atoms with E-state index in [9.17, 15) is 4.79 Å². The molecule has 1 heterocycles. The van der Waals surface area contributed by atoms with Crippen molar-refractivity contribution in [3.8, 4) is 0 Å². The summed E-state index contributed by atoms with van der Waals surface area (Å²) in [5, 5.41) is 5.80. The lowest BCUT2D eigenvalue weighted by molar-refractivity contribution is -0.115. The first-order valence-corrected chi connectivity index (χ1v) is 9.94. The summed E-state index contributed by atoms with van der Waals surface area (Å²) in [6.07, 6.45) is 0.313. The van der Waals surface area contributed by atoms with Gasteiger partial charge in [-0.15, -0.1) is 23.1 Å². The summed E-state index contributed by atoms with van der Waals surface area (Å²) in [4.78, 5) is 17.9. The number of carbonyl (C=O) groups excluding carboxylic acids is 1. The summed E-state index contributed by atoms with van der Waals surface area (Å²) in [5.74, 6) is 0.787. The van der Waals surface area contributed by atoms with Gasteiger partial charge in [-0.3, -0.25) is 4.79 Å². The molecule has 2 aromatic carbocycles. The number of anilines is 1. The third-order valence-electron chi connectivity index (χ3n) is 3.65. The van der Waals surface area contributed by atoms with Gasteiger partial charge in [0.2, 0.25) is 5.91 Å². The molecule has 0 bridgehead atoms. The van der Waals surface area contributed by atoms with Gasteiger partial charge in [-0.05, 0) is 38.1 Å². The van der Waals surface area contributed by atoms with E-state index < -0.39 is 0 Å². The Balaban J connectivity index is 1.51. The molecule has 128 valence electrons. The highest BCUT2D eigenvalue weighted by molar-refractivity contribution is 7.98. The molecule has 0 unspecified atom stereocenters. The van der Waals surface area contributed by atoms with E-state index >= 15 is 0 Å². The molecule has 3 rings (SSSR count). The number of rotatable bonds is 6. The maximum atomic E-state index is 12.1. The second kappa shape index (κ2) is 8.32. The molecule has 0 spiro atoms. The first kappa shape index (κ1) is 17.7. The Labute approximate surface area is 156 Å². The minimum Gasteiger partial charge on any atom is -0.326 e.